The Morgan fingerprint density at radius 1 is 0.969 bits per heavy atom. The minimum atomic E-state index is -0.729. The van der Waals surface area contributed by atoms with Crippen LogP contribution in [0.2, 0.25) is 0 Å². The lowest BCUT2D eigenvalue weighted by Gasteiger charge is -2.28. The van der Waals surface area contributed by atoms with Gasteiger partial charge in [0.05, 0.1) is 0 Å². The molecule has 1 heterocycles. The van der Waals surface area contributed by atoms with Gasteiger partial charge in [-0.05, 0) is 79.5 Å². The van der Waals surface area contributed by atoms with Crippen LogP contribution in [0.5, 0.6) is 0 Å². The smallest absolute Gasteiger partial charge is 0.320 e. The van der Waals surface area contributed by atoms with Crippen LogP contribution >= 0.6 is 0 Å². The molecule has 4 rings (SSSR count). The van der Waals surface area contributed by atoms with E-state index in [2.05, 4.69) is 20.8 Å². The minimum absolute atomic E-state index is 0.0237. The molecular weight excluding hydrogens is 415 g/mol. The van der Waals surface area contributed by atoms with E-state index in [-0.39, 0.29) is 30.1 Å². The number of aromatic nitrogens is 2. The third-order valence-corrected chi connectivity index (χ3v) is 5.66. The van der Waals surface area contributed by atoms with Crippen LogP contribution in [0.25, 0.3) is 0 Å². The zero-order chi connectivity index (χ0) is 22.5. The van der Waals surface area contributed by atoms with Crippen molar-refractivity contribution in [3.63, 3.8) is 0 Å². The van der Waals surface area contributed by atoms with Gasteiger partial charge < -0.3 is 20.2 Å². The average molecular weight is 438 g/mol. The molecule has 0 bridgehead atoms. The van der Waals surface area contributed by atoms with Crippen LogP contribution in [0.1, 0.15) is 54.3 Å². The van der Waals surface area contributed by atoms with Crippen LogP contribution in [0, 0.1) is 11.7 Å². The predicted molar refractivity (Wildman–Crippen MR) is 115 cm³/mol. The van der Waals surface area contributed by atoms with Gasteiger partial charge >= 0.3 is 23.8 Å². The van der Waals surface area contributed by atoms with Crippen LogP contribution in [0.4, 0.5) is 21.8 Å². The number of hydrogen-bond acceptors (Lipinski definition) is 6. The summed E-state index contributed by atoms with van der Waals surface area (Å²) in [4.78, 5) is 23.3. The number of anilines is 3. The van der Waals surface area contributed by atoms with Crippen molar-refractivity contribution in [3.05, 3.63) is 65.8 Å². The van der Waals surface area contributed by atoms with Gasteiger partial charge in [-0.15, -0.1) is 5.10 Å². The third-order valence-electron chi connectivity index (χ3n) is 5.66. The summed E-state index contributed by atoms with van der Waals surface area (Å²) in [6.45, 7) is 0. The molecule has 0 unspecified atom stereocenters. The number of hydrogen-bond donors (Lipinski definition) is 3. The van der Waals surface area contributed by atoms with E-state index < -0.39 is 11.9 Å². The zero-order valence-electron chi connectivity index (χ0n) is 17.3. The second-order valence-electron chi connectivity index (χ2n) is 7.94. The summed E-state index contributed by atoms with van der Waals surface area (Å²) >= 11 is 0. The highest BCUT2D eigenvalue weighted by atomic mass is 19.1. The normalized spacial score (nSPS) is 18.2. The van der Waals surface area contributed by atoms with E-state index in [4.69, 9.17) is 9.52 Å². The van der Waals surface area contributed by atoms with E-state index in [1.54, 1.807) is 0 Å². The Morgan fingerprint density at radius 2 is 1.62 bits per heavy atom. The van der Waals surface area contributed by atoms with E-state index >= 15 is 0 Å². The Bertz CT molecular complexity index is 1070. The first kappa shape index (κ1) is 21.5. The molecule has 1 amide bonds. The lowest BCUT2D eigenvalue weighted by molar-refractivity contribution is -0.138. The van der Waals surface area contributed by atoms with Gasteiger partial charge in [0, 0.05) is 17.8 Å². The van der Waals surface area contributed by atoms with E-state index in [0.29, 0.717) is 17.3 Å². The van der Waals surface area contributed by atoms with Crippen LogP contribution in [-0.2, 0) is 4.79 Å². The fourth-order valence-electron chi connectivity index (χ4n) is 3.99. The molecule has 1 fully saturated rings. The van der Waals surface area contributed by atoms with Crippen LogP contribution < -0.4 is 10.6 Å². The second kappa shape index (κ2) is 9.59. The molecule has 9 heteroatoms. The number of carbonyl (C=O) groups is 2. The second-order valence-corrected chi connectivity index (χ2v) is 7.94. The highest BCUT2D eigenvalue weighted by molar-refractivity contribution is 6.00. The van der Waals surface area contributed by atoms with E-state index in [9.17, 15) is 14.0 Å². The van der Waals surface area contributed by atoms with Crippen molar-refractivity contribution in [2.75, 3.05) is 10.6 Å². The summed E-state index contributed by atoms with van der Waals surface area (Å²) in [7, 11) is 0. The Balaban J connectivity index is 1.31. The van der Waals surface area contributed by atoms with Gasteiger partial charge in [-0.1, -0.05) is 17.2 Å². The Kier molecular flexibility index (Phi) is 6.44. The van der Waals surface area contributed by atoms with Gasteiger partial charge in [0.25, 0.3) is 0 Å². The monoisotopic (exact) mass is 438 g/mol. The lowest BCUT2D eigenvalue weighted by Crippen LogP contribution is -2.16. The number of rotatable bonds is 7. The van der Waals surface area contributed by atoms with Gasteiger partial charge in [0.1, 0.15) is 5.82 Å². The SMILES string of the molecule is O=C(O)CC1CCC(c2ccc(NC(=O)c3nnc(Nc4ccc(F)cc4)o3)cc2)CC1. The Morgan fingerprint density at radius 3 is 2.28 bits per heavy atom. The topological polar surface area (TPSA) is 117 Å². The zero-order valence-corrected chi connectivity index (χ0v) is 17.3. The first-order chi connectivity index (χ1) is 15.5. The van der Waals surface area contributed by atoms with Crippen molar-refractivity contribution in [1.82, 2.24) is 10.2 Å². The Hall–Kier alpha value is -3.75. The van der Waals surface area contributed by atoms with Crippen LogP contribution in [0.3, 0.4) is 0 Å². The summed E-state index contributed by atoms with van der Waals surface area (Å²) in [5.41, 5.74) is 2.33. The van der Waals surface area contributed by atoms with Crippen molar-refractivity contribution in [2.45, 2.75) is 38.0 Å². The number of nitrogens with one attached hydrogen (secondary N) is 2. The van der Waals surface area contributed by atoms with E-state index in [1.165, 1.54) is 29.8 Å². The highest BCUT2D eigenvalue weighted by Crippen LogP contribution is 2.37. The summed E-state index contributed by atoms with van der Waals surface area (Å²) in [6, 6.07) is 13.2. The number of nitrogens with zero attached hydrogens (tertiary/aromatic N) is 2. The van der Waals surface area contributed by atoms with Crippen molar-refractivity contribution < 1.29 is 23.5 Å². The predicted octanol–water partition coefficient (Wildman–Crippen LogP) is 4.95. The number of carboxylic acid groups (broad SMARTS) is 1. The molecular formula is C23H23FN4O4. The molecule has 8 nitrogen and oxygen atoms in total. The average Bonchev–Trinajstić information content (AvgIpc) is 3.25. The van der Waals surface area contributed by atoms with Gasteiger partial charge in [-0.3, -0.25) is 9.59 Å². The minimum Gasteiger partial charge on any atom is -0.481 e. The summed E-state index contributed by atoms with van der Waals surface area (Å²) in [5.74, 6) is -1.16. The van der Waals surface area contributed by atoms with Gasteiger partial charge in [-0.2, -0.15) is 0 Å². The maximum absolute atomic E-state index is 13.0. The van der Waals surface area contributed by atoms with Crippen LogP contribution in [-0.4, -0.2) is 27.2 Å². The molecule has 32 heavy (non-hydrogen) atoms. The van der Waals surface area contributed by atoms with Crippen LogP contribution in [0.15, 0.2) is 52.9 Å². The molecule has 1 saturated carbocycles. The molecule has 3 aromatic rings. The number of carbonyl (C=O) groups excluding carboxylic acids is 1. The van der Waals surface area contributed by atoms with Crippen molar-refractivity contribution >= 4 is 29.3 Å². The number of benzene rings is 2. The lowest BCUT2D eigenvalue weighted by atomic mass is 9.77. The number of halogens is 1. The van der Waals surface area contributed by atoms with Crippen molar-refractivity contribution in [2.24, 2.45) is 5.92 Å². The molecule has 0 aliphatic heterocycles. The molecule has 1 aromatic heterocycles. The maximum atomic E-state index is 13.0. The third kappa shape index (κ3) is 5.48. The highest BCUT2D eigenvalue weighted by Gasteiger charge is 2.24. The van der Waals surface area contributed by atoms with Gasteiger partial charge in [0.15, 0.2) is 0 Å². The number of aliphatic carboxylic acids is 1. The fraction of sp³-hybridized carbons (Fsp3) is 0.304. The molecule has 0 spiro atoms. The Labute approximate surface area is 183 Å². The van der Waals surface area contributed by atoms with E-state index in [0.717, 1.165) is 25.7 Å². The summed E-state index contributed by atoms with van der Waals surface area (Å²) in [5, 5.41) is 22.0. The molecule has 0 radical (unpaired) electrons. The molecule has 0 atom stereocenters. The first-order valence-corrected chi connectivity index (χ1v) is 10.5. The molecule has 0 saturated heterocycles. The number of carboxylic acids is 1. The molecule has 2 aromatic carbocycles. The molecule has 1 aliphatic rings. The summed E-state index contributed by atoms with van der Waals surface area (Å²) in [6.07, 6.45) is 4.02. The largest absolute Gasteiger partial charge is 0.481 e. The van der Waals surface area contributed by atoms with Crippen molar-refractivity contribution in [3.8, 4) is 0 Å². The van der Waals surface area contributed by atoms with E-state index in [1.807, 2.05) is 24.3 Å². The first-order valence-electron chi connectivity index (χ1n) is 10.5. The maximum Gasteiger partial charge on any atom is 0.320 e. The van der Waals surface area contributed by atoms with Crippen molar-refractivity contribution in [1.29, 1.82) is 0 Å². The summed E-state index contributed by atoms with van der Waals surface area (Å²) < 4.78 is 18.3. The molecule has 3 N–H and O–H groups in total. The van der Waals surface area contributed by atoms with Gasteiger partial charge in [0.2, 0.25) is 0 Å². The molecule has 1 aliphatic carbocycles. The number of amides is 1. The standard InChI is InChI=1S/C23H23FN4O4/c24-17-7-11-19(12-8-17)26-23-28-27-22(32-23)21(31)25-18-9-5-16(6-10-18)15-3-1-14(2-4-15)13-20(29)30/h5-12,14-15H,1-4,13H2,(H,25,31)(H,26,28)(H,29,30). The quantitative estimate of drug-likeness (QED) is 0.477. The molecule has 166 valence electrons. The fourth-order valence-corrected chi connectivity index (χ4v) is 3.99. The van der Waals surface area contributed by atoms with Gasteiger partial charge in [-0.25, -0.2) is 4.39 Å².